The molecule has 4 aliphatic carbocycles. The molecule has 11 nitrogen and oxygen atoms in total. The summed E-state index contributed by atoms with van der Waals surface area (Å²) < 4.78 is 12.0. The van der Waals surface area contributed by atoms with Gasteiger partial charge in [-0.2, -0.15) is 0 Å². The van der Waals surface area contributed by atoms with E-state index in [-0.39, 0.29) is 40.8 Å². The maximum Gasteiger partial charge on any atom is 0.229 e. The molecule has 0 spiro atoms. The number of nitrogens with two attached hydrogens (primary N) is 1. The largest absolute Gasteiger partial charge is 0.511 e. The Labute approximate surface area is 279 Å². The van der Waals surface area contributed by atoms with Crippen molar-refractivity contribution in [3.8, 4) is 5.75 Å². The molecule has 11 heteroatoms. The molecule has 258 valence electrons. The van der Waals surface area contributed by atoms with E-state index in [1.54, 1.807) is 18.2 Å². The molecule has 1 aromatic rings. The zero-order valence-electron chi connectivity index (χ0n) is 27.0. The van der Waals surface area contributed by atoms with Gasteiger partial charge in [0.05, 0.1) is 29.8 Å². The van der Waals surface area contributed by atoms with E-state index in [1.807, 2.05) is 18.2 Å². The van der Waals surface area contributed by atoms with Crippen LogP contribution in [-0.2, 0) is 4.74 Å². The van der Waals surface area contributed by atoms with Crippen molar-refractivity contribution in [2.24, 2.45) is 28.9 Å². The number of nitrogens with one attached hydrogen (secondary N) is 1. The first kappa shape index (κ1) is 33.0. The Morgan fingerprint density at radius 3 is 2.46 bits per heavy atom. The van der Waals surface area contributed by atoms with Crippen LogP contribution in [-0.4, -0.2) is 80.5 Å². The molecule has 3 fully saturated rings. The number of carbonyl (C=O) groups is 2. The average Bonchev–Trinajstić information content (AvgIpc) is 3.57. The van der Waals surface area contributed by atoms with Crippen molar-refractivity contribution in [3.63, 3.8) is 0 Å². The number of aliphatic hydroxyl groups is 5. The molecular formula is C37H46N2O9. The van der Waals surface area contributed by atoms with Crippen molar-refractivity contribution in [2.45, 2.75) is 94.4 Å². The van der Waals surface area contributed by atoms with Crippen molar-refractivity contribution in [1.29, 1.82) is 0 Å². The molecule has 1 saturated heterocycles. The minimum absolute atomic E-state index is 0.0445. The van der Waals surface area contributed by atoms with Crippen LogP contribution in [0.25, 0.3) is 0 Å². The molecule has 1 aromatic carbocycles. The highest BCUT2D eigenvalue weighted by molar-refractivity contribution is 6.19. The summed E-state index contributed by atoms with van der Waals surface area (Å²) in [6.07, 6.45) is 9.28. The summed E-state index contributed by atoms with van der Waals surface area (Å²) >= 11 is 0. The van der Waals surface area contributed by atoms with Gasteiger partial charge in [-0.25, -0.2) is 0 Å². The molecule has 8 N–H and O–H groups in total. The second-order valence-electron chi connectivity index (χ2n) is 14.5. The van der Waals surface area contributed by atoms with Crippen LogP contribution < -0.4 is 15.8 Å². The van der Waals surface area contributed by atoms with Crippen LogP contribution in [0.5, 0.6) is 5.75 Å². The Kier molecular flexibility index (Phi) is 8.78. The lowest BCUT2D eigenvalue weighted by atomic mass is 9.66. The Morgan fingerprint density at radius 2 is 1.75 bits per heavy atom. The standard InChI is InChI=1S/C37H46N2O9/c38-28-17-22(11-14-39-28)36(12-4-5-13-36)19-37(46)33(44)27(18-40)48-35(34(37)45)47-26-10-6-9-23-30(26)32(43)29-24(31(23)42)15-21(16-25(29)41)20-7-2-1-3-8-20/h6,9-11,15-17,20,24,27,29,33-35,39-41,44-46H,1-5,7-8,12-14,18-19,38H2/t24-,27+,29-,33+,34-,35+,37-/m0/s1. The van der Waals surface area contributed by atoms with Gasteiger partial charge in [0.15, 0.2) is 11.6 Å². The molecule has 6 aliphatic rings. The molecular weight excluding hydrogens is 616 g/mol. The zero-order valence-corrected chi connectivity index (χ0v) is 27.0. The number of allylic oxidation sites excluding steroid dienone is 6. The predicted molar refractivity (Wildman–Crippen MR) is 175 cm³/mol. The maximum atomic E-state index is 14.1. The third-order valence-corrected chi connectivity index (χ3v) is 11.7. The average molecular weight is 663 g/mol. The number of benzene rings is 1. The van der Waals surface area contributed by atoms with Gasteiger partial charge in [-0.15, -0.1) is 0 Å². The van der Waals surface area contributed by atoms with Crippen LogP contribution in [0.4, 0.5) is 0 Å². The number of carbonyl (C=O) groups excluding carboxylic acids is 2. The van der Waals surface area contributed by atoms with Crippen LogP contribution in [0.2, 0.25) is 0 Å². The van der Waals surface area contributed by atoms with E-state index in [0.29, 0.717) is 25.2 Å². The Morgan fingerprint density at radius 1 is 1.00 bits per heavy atom. The third kappa shape index (κ3) is 5.49. The monoisotopic (exact) mass is 662 g/mol. The third-order valence-electron chi connectivity index (χ3n) is 11.7. The van der Waals surface area contributed by atoms with Gasteiger partial charge in [-0.1, -0.05) is 56.4 Å². The lowest BCUT2D eigenvalue weighted by molar-refractivity contribution is -0.319. The fraction of sp³-hybridized carbons (Fsp3) is 0.568. The SMILES string of the molecule is NC1=CC(C2(C[C@]3(O)[C@H](O)[C@@H](CO)O[C@@H](Oc4cccc5c4C(=O)[C@@H]4C(O)=CC(C6CCCCC6)=C[C@@H]4C5=O)[C@@H]3O)CCCC2)=CCN1. The second kappa shape index (κ2) is 12.8. The molecule has 7 atom stereocenters. The highest BCUT2D eigenvalue weighted by Crippen LogP contribution is 2.53. The summed E-state index contributed by atoms with van der Waals surface area (Å²) in [5, 5.41) is 59.7. The maximum absolute atomic E-state index is 14.1. The molecule has 2 aliphatic heterocycles. The van der Waals surface area contributed by atoms with E-state index in [0.717, 1.165) is 56.1 Å². The van der Waals surface area contributed by atoms with Gasteiger partial charge in [0, 0.05) is 12.1 Å². The first-order valence-corrected chi connectivity index (χ1v) is 17.3. The van der Waals surface area contributed by atoms with Crippen LogP contribution >= 0.6 is 0 Å². The zero-order chi connectivity index (χ0) is 33.8. The van der Waals surface area contributed by atoms with Crippen molar-refractivity contribution in [3.05, 3.63) is 76.4 Å². The normalized spacial score (nSPS) is 35.0. The smallest absolute Gasteiger partial charge is 0.229 e. The quantitative estimate of drug-likeness (QED) is 0.227. The first-order chi connectivity index (χ1) is 23.1. The molecule has 7 rings (SSSR count). The lowest BCUT2D eigenvalue weighted by Gasteiger charge is -2.51. The predicted octanol–water partition coefficient (Wildman–Crippen LogP) is 3.09. The van der Waals surface area contributed by atoms with Crippen LogP contribution in [0.15, 0.2) is 65.2 Å². The fourth-order valence-corrected chi connectivity index (χ4v) is 9.14. The highest BCUT2D eigenvalue weighted by Gasteiger charge is 2.59. The van der Waals surface area contributed by atoms with Gasteiger partial charge in [-0.3, -0.25) is 9.59 Å². The van der Waals surface area contributed by atoms with Crippen LogP contribution in [0, 0.1) is 23.2 Å². The molecule has 48 heavy (non-hydrogen) atoms. The van der Waals surface area contributed by atoms with E-state index in [2.05, 4.69) is 5.32 Å². The van der Waals surface area contributed by atoms with E-state index in [1.165, 1.54) is 6.07 Å². The van der Waals surface area contributed by atoms with E-state index in [9.17, 15) is 35.1 Å². The summed E-state index contributed by atoms with van der Waals surface area (Å²) in [5.74, 6) is -2.25. The molecule has 0 radical (unpaired) electrons. The number of hydrogen-bond donors (Lipinski definition) is 7. The van der Waals surface area contributed by atoms with Gasteiger partial charge in [-0.05, 0) is 72.8 Å². The van der Waals surface area contributed by atoms with Crippen molar-refractivity contribution >= 4 is 11.6 Å². The van der Waals surface area contributed by atoms with Gasteiger partial charge in [0.25, 0.3) is 0 Å². The van der Waals surface area contributed by atoms with Gasteiger partial charge in [0.2, 0.25) is 6.29 Å². The number of aliphatic hydroxyl groups excluding tert-OH is 4. The Hall–Kier alpha value is -3.48. The minimum atomic E-state index is -2.18. The second-order valence-corrected chi connectivity index (χ2v) is 14.5. The molecule has 2 saturated carbocycles. The molecule has 0 amide bonds. The van der Waals surface area contributed by atoms with Gasteiger partial charge in [0.1, 0.15) is 35.4 Å². The number of rotatable bonds is 7. The summed E-state index contributed by atoms with van der Waals surface area (Å²) in [7, 11) is 0. The van der Waals surface area contributed by atoms with Crippen molar-refractivity contribution in [1.82, 2.24) is 5.32 Å². The van der Waals surface area contributed by atoms with E-state index in [4.69, 9.17) is 15.2 Å². The minimum Gasteiger partial charge on any atom is -0.511 e. The highest BCUT2D eigenvalue weighted by atomic mass is 16.7. The fourth-order valence-electron chi connectivity index (χ4n) is 9.14. The Bertz CT molecular complexity index is 1580. The van der Waals surface area contributed by atoms with E-state index >= 15 is 0 Å². The number of Topliss-reactive ketones (excluding diaryl/α,β-unsaturated/α-hetero) is 2. The first-order valence-electron chi connectivity index (χ1n) is 17.3. The van der Waals surface area contributed by atoms with Crippen molar-refractivity contribution in [2.75, 3.05) is 13.2 Å². The topological polar surface area (TPSA) is 192 Å². The summed E-state index contributed by atoms with van der Waals surface area (Å²) in [6.45, 7) is -0.169. The molecule has 0 unspecified atom stereocenters. The molecule has 2 heterocycles. The number of ketones is 2. The Balaban J connectivity index is 1.20. The van der Waals surface area contributed by atoms with Gasteiger partial charge < -0.3 is 46.1 Å². The van der Waals surface area contributed by atoms with Crippen LogP contribution in [0.1, 0.15) is 84.9 Å². The number of hydrogen-bond acceptors (Lipinski definition) is 11. The molecule has 0 aromatic heterocycles. The summed E-state index contributed by atoms with van der Waals surface area (Å²) in [6, 6.07) is 4.58. The van der Waals surface area contributed by atoms with Crippen molar-refractivity contribution < 1.29 is 44.6 Å². The number of dihydropyridines is 1. The van der Waals surface area contributed by atoms with Gasteiger partial charge >= 0.3 is 0 Å². The molecule has 0 bridgehead atoms. The number of fused-ring (bicyclic) bond motifs is 2. The van der Waals surface area contributed by atoms with Crippen LogP contribution in [0.3, 0.4) is 0 Å². The lowest BCUT2D eigenvalue weighted by Crippen LogP contribution is -2.69. The van der Waals surface area contributed by atoms with E-state index < -0.39 is 59.8 Å². The number of ether oxygens (including phenoxy) is 2. The summed E-state index contributed by atoms with van der Waals surface area (Å²) in [5.41, 5.74) is 5.20. The summed E-state index contributed by atoms with van der Waals surface area (Å²) in [4.78, 5) is 28.0.